The van der Waals surface area contributed by atoms with Crippen molar-refractivity contribution >= 4 is 5.97 Å². The van der Waals surface area contributed by atoms with E-state index in [4.69, 9.17) is 61.6 Å². The number of benzene rings is 1. The molecule has 0 N–H and O–H groups in total. The van der Waals surface area contributed by atoms with Gasteiger partial charge in [0.25, 0.3) is 0 Å². The third-order valence-electron chi connectivity index (χ3n) is 8.45. The molecule has 14 heteroatoms. The van der Waals surface area contributed by atoms with E-state index in [0.717, 1.165) is 13.0 Å². The van der Waals surface area contributed by atoms with Gasteiger partial charge in [-0.05, 0) is 18.6 Å². The van der Waals surface area contributed by atoms with E-state index in [9.17, 15) is 4.79 Å². The van der Waals surface area contributed by atoms with Crippen molar-refractivity contribution in [1.82, 2.24) is 0 Å². The lowest BCUT2D eigenvalue weighted by Crippen LogP contribution is -2.15. The Morgan fingerprint density at radius 1 is 0.310 bits per heavy atom. The molecule has 340 valence electrons. The zero-order valence-electron chi connectivity index (χ0n) is 36.1. The molecule has 0 radical (unpaired) electrons. The van der Waals surface area contributed by atoms with Crippen LogP contribution in [0.2, 0.25) is 0 Å². The average Bonchev–Trinajstić information content (AvgIpc) is 3.24. The van der Waals surface area contributed by atoms with Gasteiger partial charge in [-0.3, -0.25) is 0 Å². The quantitative estimate of drug-likeness (QED) is 0.0533. The van der Waals surface area contributed by atoms with E-state index in [1.54, 1.807) is 24.3 Å². The van der Waals surface area contributed by atoms with Crippen molar-refractivity contribution in [3.8, 4) is 0 Å². The van der Waals surface area contributed by atoms with E-state index < -0.39 is 0 Å². The second-order valence-corrected chi connectivity index (χ2v) is 13.4. The van der Waals surface area contributed by atoms with Crippen molar-refractivity contribution in [2.24, 2.45) is 0 Å². The van der Waals surface area contributed by atoms with E-state index in [1.165, 1.54) is 64.2 Å². The van der Waals surface area contributed by atoms with Crippen LogP contribution in [0.15, 0.2) is 30.3 Å². The summed E-state index contributed by atoms with van der Waals surface area (Å²) in [5, 5.41) is 0. The topological polar surface area (TPSA) is 137 Å². The standard InChI is InChI=1S/C44H80O14/c1-2-3-4-5-6-7-8-9-10-11-15-18-46-19-20-47-21-22-48-23-24-49-25-26-50-27-28-51-29-30-52-31-32-53-33-34-54-35-36-55-37-38-56-39-40-57-41-42-58-44(45)43-16-13-12-14-17-43/h12-14,16-17H,2-11,15,18-42H2,1H3. The molecule has 0 bridgehead atoms. The number of carbonyl (C=O) groups excluding carboxylic acids is 1. The smallest absolute Gasteiger partial charge is 0.338 e. The maximum atomic E-state index is 11.8. The molecule has 0 aliphatic heterocycles. The first-order chi connectivity index (χ1) is 28.8. The molecule has 0 saturated carbocycles. The summed E-state index contributed by atoms with van der Waals surface area (Å²) in [5.41, 5.74) is 0.526. The van der Waals surface area contributed by atoms with Gasteiger partial charge in [-0.1, -0.05) is 89.3 Å². The van der Waals surface area contributed by atoms with Gasteiger partial charge in [0.1, 0.15) is 6.61 Å². The predicted molar refractivity (Wildman–Crippen MR) is 223 cm³/mol. The molecule has 1 aromatic carbocycles. The summed E-state index contributed by atoms with van der Waals surface area (Å²) in [6.07, 6.45) is 14.8. The predicted octanol–water partition coefficient (Wildman–Crippen LogP) is 6.35. The zero-order chi connectivity index (χ0) is 41.3. The van der Waals surface area contributed by atoms with Crippen molar-refractivity contribution in [3.63, 3.8) is 0 Å². The van der Waals surface area contributed by atoms with Crippen molar-refractivity contribution in [1.29, 1.82) is 0 Å². The van der Waals surface area contributed by atoms with Crippen LogP contribution < -0.4 is 0 Å². The van der Waals surface area contributed by atoms with E-state index >= 15 is 0 Å². The fraction of sp³-hybridized carbons (Fsp3) is 0.841. The summed E-state index contributed by atoms with van der Waals surface area (Å²) in [6.45, 7) is 14.9. The van der Waals surface area contributed by atoms with Crippen molar-refractivity contribution in [2.75, 3.05) is 165 Å². The highest BCUT2D eigenvalue weighted by Crippen LogP contribution is 2.11. The molecule has 0 saturated heterocycles. The first kappa shape index (κ1) is 54.2. The molecule has 0 unspecified atom stereocenters. The Morgan fingerprint density at radius 3 is 0.845 bits per heavy atom. The zero-order valence-corrected chi connectivity index (χ0v) is 36.1. The minimum Gasteiger partial charge on any atom is -0.460 e. The maximum absolute atomic E-state index is 11.8. The fourth-order valence-corrected chi connectivity index (χ4v) is 5.24. The van der Waals surface area contributed by atoms with Crippen LogP contribution in [-0.4, -0.2) is 171 Å². The maximum Gasteiger partial charge on any atom is 0.338 e. The number of rotatable bonds is 49. The minimum atomic E-state index is -0.356. The highest BCUT2D eigenvalue weighted by molar-refractivity contribution is 5.89. The van der Waals surface area contributed by atoms with Gasteiger partial charge in [0, 0.05) is 6.61 Å². The first-order valence-electron chi connectivity index (χ1n) is 22.0. The van der Waals surface area contributed by atoms with E-state index in [2.05, 4.69) is 6.92 Å². The van der Waals surface area contributed by atoms with Crippen LogP contribution in [0.4, 0.5) is 0 Å². The molecule has 0 atom stereocenters. The van der Waals surface area contributed by atoms with Crippen molar-refractivity contribution in [3.05, 3.63) is 35.9 Å². The molecular formula is C44H80O14. The SMILES string of the molecule is CCCCCCCCCCCCCOCCOCCOCCOCCOCCOCCOCCOCCOCCOCCOCCOCCOC(=O)c1ccccc1. The molecule has 0 fully saturated rings. The second-order valence-electron chi connectivity index (χ2n) is 13.4. The van der Waals surface area contributed by atoms with Crippen molar-refractivity contribution < 1.29 is 66.4 Å². The van der Waals surface area contributed by atoms with E-state index in [-0.39, 0.29) is 12.6 Å². The second kappa shape index (κ2) is 47.9. The van der Waals surface area contributed by atoms with Crippen LogP contribution in [0.3, 0.4) is 0 Å². The first-order valence-corrected chi connectivity index (χ1v) is 22.0. The Bertz CT molecular complexity index is 929. The van der Waals surface area contributed by atoms with Crippen LogP contribution >= 0.6 is 0 Å². The molecule has 0 spiro atoms. The lowest BCUT2D eigenvalue weighted by atomic mass is 10.1. The lowest BCUT2D eigenvalue weighted by molar-refractivity contribution is -0.0288. The van der Waals surface area contributed by atoms with Gasteiger partial charge in [-0.15, -0.1) is 0 Å². The number of hydrogen-bond donors (Lipinski definition) is 0. The Hall–Kier alpha value is -1.79. The molecule has 0 aromatic heterocycles. The van der Waals surface area contributed by atoms with Gasteiger partial charge in [-0.2, -0.15) is 0 Å². The number of ether oxygens (including phenoxy) is 13. The summed E-state index contributed by atoms with van der Waals surface area (Å²) in [7, 11) is 0. The number of unbranched alkanes of at least 4 members (excludes halogenated alkanes) is 10. The summed E-state index contributed by atoms with van der Waals surface area (Å²) in [4.78, 5) is 11.8. The highest BCUT2D eigenvalue weighted by Gasteiger charge is 2.05. The Labute approximate surface area is 350 Å². The summed E-state index contributed by atoms with van der Waals surface area (Å²) < 4.78 is 71.3. The molecule has 0 aliphatic rings. The van der Waals surface area contributed by atoms with Gasteiger partial charge in [0.05, 0.1) is 158 Å². The molecule has 1 aromatic rings. The Kier molecular flexibility index (Phi) is 44.8. The Balaban J connectivity index is 1.61. The normalized spacial score (nSPS) is 11.5. The minimum absolute atomic E-state index is 0.201. The highest BCUT2D eigenvalue weighted by atomic mass is 16.6. The third kappa shape index (κ3) is 42.3. The lowest BCUT2D eigenvalue weighted by Gasteiger charge is -2.09. The van der Waals surface area contributed by atoms with Crippen LogP contribution in [0, 0.1) is 0 Å². The fourth-order valence-electron chi connectivity index (χ4n) is 5.24. The van der Waals surface area contributed by atoms with E-state index in [1.807, 2.05) is 6.07 Å². The van der Waals surface area contributed by atoms with Crippen LogP contribution in [0.5, 0.6) is 0 Å². The molecular weight excluding hydrogens is 752 g/mol. The Morgan fingerprint density at radius 2 is 0.552 bits per heavy atom. The molecule has 58 heavy (non-hydrogen) atoms. The summed E-state index contributed by atoms with van der Waals surface area (Å²) >= 11 is 0. The van der Waals surface area contributed by atoms with Gasteiger partial charge < -0.3 is 61.6 Å². The molecule has 1 rings (SSSR count). The molecule has 0 amide bonds. The molecule has 14 nitrogen and oxygen atoms in total. The van der Waals surface area contributed by atoms with Crippen LogP contribution in [0.25, 0.3) is 0 Å². The van der Waals surface area contributed by atoms with Gasteiger partial charge in [-0.25, -0.2) is 4.79 Å². The monoisotopic (exact) mass is 833 g/mol. The number of hydrogen-bond acceptors (Lipinski definition) is 14. The van der Waals surface area contributed by atoms with Crippen LogP contribution in [0.1, 0.15) is 87.9 Å². The van der Waals surface area contributed by atoms with Crippen LogP contribution in [-0.2, 0) is 61.6 Å². The molecule has 0 heterocycles. The summed E-state index contributed by atoms with van der Waals surface area (Å²) in [6, 6.07) is 8.86. The van der Waals surface area contributed by atoms with Gasteiger partial charge in [0.15, 0.2) is 0 Å². The van der Waals surface area contributed by atoms with Gasteiger partial charge in [0.2, 0.25) is 0 Å². The third-order valence-corrected chi connectivity index (χ3v) is 8.45. The number of carbonyl (C=O) groups is 1. The van der Waals surface area contributed by atoms with E-state index in [0.29, 0.717) is 158 Å². The van der Waals surface area contributed by atoms with Gasteiger partial charge >= 0.3 is 5.97 Å². The molecule has 0 aliphatic carbocycles. The van der Waals surface area contributed by atoms with Crippen molar-refractivity contribution in [2.45, 2.75) is 77.6 Å². The largest absolute Gasteiger partial charge is 0.460 e. The summed E-state index contributed by atoms with van der Waals surface area (Å²) in [5.74, 6) is -0.356. The average molecular weight is 833 g/mol. The number of esters is 1.